The fraction of sp³-hybridized carbons (Fsp3) is 0.188. The molecule has 25 heavy (non-hydrogen) atoms. The smallest absolute Gasteiger partial charge is 0.272 e. The van der Waals surface area contributed by atoms with Gasteiger partial charge < -0.3 is 4.52 Å². The molecule has 0 aliphatic rings. The maximum Gasteiger partial charge on any atom is 0.272 e. The van der Waals surface area contributed by atoms with Gasteiger partial charge in [-0.3, -0.25) is 9.36 Å². The lowest BCUT2D eigenvalue weighted by molar-refractivity contribution is 0.369. The summed E-state index contributed by atoms with van der Waals surface area (Å²) in [4.78, 5) is 21.9. The molecule has 0 atom stereocenters. The summed E-state index contributed by atoms with van der Waals surface area (Å²) in [6.45, 7) is 0.0606. The van der Waals surface area contributed by atoms with Crippen LogP contribution in [-0.2, 0) is 6.54 Å². The second kappa shape index (κ2) is 7.55. The van der Waals surface area contributed by atoms with Gasteiger partial charge in [0.2, 0.25) is 11.7 Å². The van der Waals surface area contributed by atoms with E-state index in [2.05, 4.69) is 15.1 Å². The number of rotatable bonds is 5. The lowest BCUT2D eigenvalue weighted by atomic mass is 10.2. The van der Waals surface area contributed by atoms with E-state index < -0.39 is 5.56 Å². The van der Waals surface area contributed by atoms with Crippen LogP contribution in [0.25, 0.3) is 11.4 Å². The van der Waals surface area contributed by atoms with E-state index >= 15 is 0 Å². The molecule has 0 amide bonds. The van der Waals surface area contributed by atoms with Gasteiger partial charge in [0.1, 0.15) is 23.2 Å². The average molecular weight is 371 g/mol. The first-order chi connectivity index (χ1) is 12.2. The quantitative estimate of drug-likeness (QED) is 0.499. The standard InChI is InChI=1S/C16H13N5O2S2/c1-24-11-5-3-10(4-6-11)14-19-13(23-20-14)8-21-9-18-15(25-2)12(7-17)16(21)22/h3-6,9H,8H2,1-2H3. The van der Waals surface area contributed by atoms with Gasteiger partial charge in [0, 0.05) is 10.5 Å². The van der Waals surface area contributed by atoms with Crippen LogP contribution in [0.2, 0.25) is 0 Å². The third-order valence-corrected chi connectivity index (χ3v) is 4.87. The highest BCUT2D eigenvalue weighted by molar-refractivity contribution is 7.98. The molecule has 3 aromatic rings. The van der Waals surface area contributed by atoms with Crippen molar-refractivity contribution in [3.05, 3.63) is 52.4 Å². The molecule has 7 nitrogen and oxygen atoms in total. The van der Waals surface area contributed by atoms with Crippen molar-refractivity contribution in [2.24, 2.45) is 0 Å². The Morgan fingerprint density at radius 2 is 2.00 bits per heavy atom. The van der Waals surface area contributed by atoms with Gasteiger partial charge in [0.15, 0.2) is 0 Å². The second-order valence-electron chi connectivity index (χ2n) is 4.91. The Balaban J connectivity index is 1.87. The molecule has 9 heteroatoms. The highest BCUT2D eigenvalue weighted by Gasteiger charge is 2.14. The molecule has 0 aliphatic heterocycles. The van der Waals surface area contributed by atoms with Crippen LogP contribution in [-0.4, -0.2) is 32.2 Å². The summed E-state index contributed by atoms with van der Waals surface area (Å²) >= 11 is 2.90. The van der Waals surface area contributed by atoms with E-state index in [1.54, 1.807) is 18.0 Å². The second-order valence-corrected chi connectivity index (χ2v) is 6.59. The van der Waals surface area contributed by atoms with E-state index in [4.69, 9.17) is 9.78 Å². The minimum Gasteiger partial charge on any atom is -0.337 e. The van der Waals surface area contributed by atoms with E-state index in [0.717, 1.165) is 10.5 Å². The number of hydrogen-bond acceptors (Lipinski definition) is 8. The molecule has 0 aliphatic carbocycles. The van der Waals surface area contributed by atoms with Crippen molar-refractivity contribution in [2.75, 3.05) is 12.5 Å². The summed E-state index contributed by atoms with van der Waals surface area (Å²) in [6, 6.07) is 9.68. The zero-order valence-electron chi connectivity index (χ0n) is 13.5. The molecule has 3 rings (SSSR count). The molecule has 2 aromatic heterocycles. The summed E-state index contributed by atoms with van der Waals surface area (Å²) in [7, 11) is 0. The molecule has 0 bridgehead atoms. The number of hydrogen-bond donors (Lipinski definition) is 0. The van der Waals surface area contributed by atoms with E-state index in [1.165, 1.54) is 22.7 Å². The Morgan fingerprint density at radius 1 is 1.24 bits per heavy atom. The molecular formula is C16H13N5O2S2. The topological polar surface area (TPSA) is 97.6 Å². The fourth-order valence-electron chi connectivity index (χ4n) is 2.16. The summed E-state index contributed by atoms with van der Waals surface area (Å²) in [5.41, 5.74) is 0.419. The Kier molecular flexibility index (Phi) is 5.21. The molecular weight excluding hydrogens is 358 g/mol. The van der Waals surface area contributed by atoms with E-state index in [0.29, 0.717) is 10.9 Å². The fourth-order valence-corrected chi connectivity index (χ4v) is 3.06. The van der Waals surface area contributed by atoms with Gasteiger partial charge in [0.25, 0.3) is 5.56 Å². The van der Waals surface area contributed by atoms with E-state index in [9.17, 15) is 4.79 Å². The average Bonchev–Trinajstić information content (AvgIpc) is 3.11. The van der Waals surface area contributed by atoms with Crippen molar-refractivity contribution in [1.29, 1.82) is 5.26 Å². The number of nitriles is 1. The molecule has 0 N–H and O–H groups in total. The number of benzene rings is 1. The van der Waals surface area contributed by atoms with Crippen molar-refractivity contribution in [2.45, 2.75) is 16.5 Å². The SMILES string of the molecule is CSc1ccc(-c2noc(Cn3cnc(SC)c(C#N)c3=O)n2)cc1. The van der Waals surface area contributed by atoms with Gasteiger partial charge >= 0.3 is 0 Å². The highest BCUT2D eigenvalue weighted by atomic mass is 32.2. The lowest BCUT2D eigenvalue weighted by Gasteiger charge is -2.04. The Morgan fingerprint density at radius 3 is 2.64 bits per heavy atom. The largest absolute Gasteiger partial charge is 0.337 e. The Bertz CT molecular complexity index is 989. The molecule has 0 radical (unpaired) electrons. The van der Waals surface area contributed by atoms with Crippen LogP contribution in [0.5, 0.6) is 0 Å². The molecule has 0 saturated carbocycles. The molecule has 126 valence electrons. The van der Waals surface area contributed by atoms with Gasteiger partial charge in [0.05, 0.1) is 6.33 Å². The molecule has 0 saturated heterocycles. The first kappa shape index (κ1) is 17.3. The lowest BCUT2D eigenvalue weighted by Crippen LogP contribution is -2.24. The van der Waals surface area contributed by atoms with Crippen molar-refractivity contribution in [3.8, 4) is 17.5 Å². The number of aromatic nitrogens is 4. The van der Waals surface area contributed by atoms with Gasteiger partial charge in [-0.05, 0) is 36.8 Å². The van der Waals surface area contributed by atoms with Gasteiger partial charge in [-0.1, -0.05) is 5.16 Å². The van der Waals surface area contributed by atoms with Crippen LogP contribution >= 0.6 is 23.5 Å². The molecule has 1 aromatic carbocycles. The summed E-state index contributed by atoms with van der Waals surface area (Å²) in [6.07, 6.45) is 5.15. The predicted octanol–water partition coefficient (Wildman–Crippen LogP) is 2.66. The van der Waals surface area contributed by atoms with Crippen molar-refractivity contribution in [3.63, 3.8) is 0 Å². The van der Waals surface area contributed by atoms with E-state index in [1.807, 2.05) is 36.6 Å². The first-order valence-electron chi connectivity index (χ1n) is 7.16. The third kappa shape index (κ3) is 3.60. The molecule has 0 spiro atoms. The van der Waals surface area contributed by atoms with Crippen molar-refractivity contribution in [1.82, 2.24) is 19.7 Å². The van der Waals surface area contributed by atoms with Crippen LogP contribution in [0.1, 0.15) is 11.5 Å². The van der Waals surface area contributed by atoms with Crippen LogP contribution in [0, 0.1) is 11.3 Å². The minimum atomic E-state index is -0.425. The van der Waals surface area contributed by atoms with Crippen molar-refractivity contribution < 1.29 is 4.52 Å². The Labute approximate surface area is 152 Å². The molecule has 2 heterocycles. The van der Waals surface area contributed by atoms with Gasteiger partial charge in [-0.15, -0.1) is 23.5 Å². The number of nitrogens with zero attached hydrogens (tertiary/aromatic N) is 5. The van der Waals surface area contributed by atoms with Crippen molar-refractivity contribution >= 4 is 23.5 Å². The minimum absolute atomic E-state index is 0.0161. The molecule has 0 unspecified atom stereocenters. The molecule has 0 fully saturated rings. The van der Waals surface area contributed by atoms with Gasteiger partial charge in [-0.2, -0.15) is 10.2 Å². The third-order valence-electron chi connectivity index (χ3n) is 3.43. The van der Waals surface area contributed by atoms with Crippen LogP contribution in [0.4, 0.5) is 0 Å². The normalized spacial score (nSPS) is 10.6. The maximum absolute atomic E-state index is 12.3. The zero-order chi connectivity index (χ0) is 17.8. The first-order valence-corrected chi connectivity index (χ1v) is 9.61. The Hall–Kier alpha value is -2.57. The monoisotopic (exact) mass is 371 g/mol. The van der Waals surface area contributed by atoms with Crippen LogP contribution in [0.3, 0.4) is 0 Å². The van der Waals surface area contributed by atoms with E-state index in [-0.39, 0.29) is 18.0 Å². The van der Waals surface area contributed by atoms with Crippen LogP contribution in [0.15, 0.2) is 49.8 Å². The maximum atomic E-state index is 12.3. The highest BCUT2D eigenvalue weighted by Crippen LogP contribution is 2.21. The zero-order valence-corrected chi connectivity index (χ0v) is 15.1. The van der Waals surface area contributed by atoms with Crippen LogP contribution < -0.4 is 5.56 Å². The summed E-state index contributed by atoms with van der Waals surface area (Å²) < 4.78 is 6.51. The van der Waals surface area contributed by atoms with Gasteiger partial charge in [-0.25, -0.2) is 4.98 Å². The summed E-state index contributed by atoms with van der Waals surface area (Å²) in [5.74, 6) is 0.721. The number of thioether (sulfide) groups is 2. The predicted molar refractivity (Wildman–Crippen MR) is 95.6 cm³/mol. The summed E-state index contributed by atoms with van der Waals surface area (Å²) in [5, 5.41) is 13.5.